The van der Waals surface area contributed by atoms with E-state index in [1.54, 1.807) is 37.4 Å². The highest BCUT2D eigenvalue weighted by atomic mass is 35.5. The van der Waals surface area contributed by atoms with E-state index in [0.29, 0.717) is 69.8 Å². The van der Waals surface area contributed by atoms with Gasteiger partial charge in [0, 0.05) is 59.7 Å². The Bertz CT molecular complexity index is 2340. The van der Waals surface area contributed by atoms with E-state index in [1.807, 2.05) is 18.0 Å². The number of aromatic carboxylic acids is 1. The number of hydrogen-bond donors (Lipinski definition) is 1. The second-order valence-electron chi connectivity index (χ2n) is 11.7. The molecule has 0 radical (unpaired) electrons. The van der Waals surface area contributed by atoms with Gasteiger partial charge in [-0.2, -0.15) is 5.26 Å². The number of fused-ring (bicyclic) bond motifs is 2. The summed E-state index contributed by atoms with van der Waals surface area (Å²) in [6.45, 7) is 5.87. The molecular formula is C33H31ClN6O6S2. The molecule has 4 heterocycles. The maximum Gasteiger partial charge on any atom is 0.338 e. The molecule has 1 aliphatic heterocycles. The average molecular weight is 707 g/mol. The number of halogens is 1. The molecular weight excluding hydrogens is 676 g/mol. The van der Waals surface area contributed by atoms with Gasteiger partial charge >= 0.3 is 5.97 Å². The Morgan fingerprint density at radius 1 is 1.12 bits per heavy atom. The predicted molar refractivity (Wildman–Crippen MR) is 186 cm³/mol. The number of nitriles is 1. The number of nitrogens with zero attached hydrogens (tertiary/aromatic N) is 6. The number of likely N-dealkylation sites (N-methyl/N-ethyl adjacent to an activating group) is 1. The van der Waals surface area contributed by atoms with Crippen molar-refractivity contribution in [2.45, 2.75) is 25.3 Å². The number of carboxylic acids is 1. The topological polar surface area (TPSA) is 159 Å². The molecule has 1 N–H and O–H groups in total. The fraction of sp³-hybridized carbons (Fsp3) is 0.303. The van der Waals surface area contributed by atoms with Gasteiger partial charge in [0.05, 0.1) is 49.4 Å². The molecule has 5 aromatic rings. The normalized spacial score (nSPS) is 14.0. The molecule has 15 heteroatoms. The summed E-state index contributed by atoms with van der Waals surface area (Å²) in [5.41, 5.74) is 2.33. The van der Waals surface area contributed by atoms with E-state index in [1.165, 1.54) is 22.0 Å². The van der Waals surface area contributed by atoms with Crippen LogP contribution in [0.2, 0.25) is 5.02 Å². The van der Waals surface area contributed by atoms with Gasteiger partial charge in [0.2, 0.25) is 0 Å². The van der Waals surface area contributed by atoms with Gasteiger partial charge < -0.3 is 19.6 Å². The first-order valence-electron chi connectivity index (χ1n) is 14.9. The van der Waals surface area contributed by atoms with Crippen LogP contribution in [0.5, 0.6) is 5.75 Å². The number of aryl methyl sites for hydroxylation is 2. The van der Waals surface area contributed by atoms with Gasteiger partial charge in [-0.3, -0.25) is 14.3 Å². The highest BCUT2D eigenvalue weighted by Crippen LogP contribution is 2.40. The number of ether oxygens (including phenoxy) is 1. The standard InChI is InChI=1S/C33H31ClN6O6S2/c1-18-13-22(31-29(36-18)24(17-47-31)33(42)43)21-14-20(34)5-6-26(21)46-12-11-40-19(2)37-25-15-27(48(4,44)45)30(23(16-35)28(25)32(40)41)39-9-7-38(3)8-10-39/h5-6,13-15,17H,7-12H2,1-4H3,(H,42,43). The van der Waals surface area contributed by atoms with Gasteiger partial charge in [-0.05, 0) is 51.2 Å². The molecule has 0 bridgehead atoms. The van der Waals surface area contributed by atoms with Crippen LogP contribution in [0.15, 0.2) is 45.4 Å². The van der Waals surface area contributed by atoms with Crippen LogP contribution in [-0.4, -0.2) is 85.0 Å². The van der Waals surface area contributed by atoms with Gasteiger partial charge in [-0.25, -0.2) is 18.2 Å². The molecule has 0 spiro atoms. The zero-order valence-electron chi connectivity index (χ0n) is 26.6. The van der Waals surface area contributed by atoms with E-state index in [4.69, 9.17) is 16.3 Å². The first kappa shape index (κ1) is 33.4. The summed E-state index contributed by atoms with van der Waals surface area (Å²) in [5, 5.41) is 22.1. The summed E-state index contributed by atoms with van der Waals surface area (Å²) >= 11 is 7.66. The van der Waals surface area contributed by atoms with E-state index in [0.717, 1.165) is 6.26 Å². The van der Waals surface area contributed by atoms with E-state index in [-0.39, 0.29) is 45.8 Å². The first-order chi connectivity index (χ1) is 22.8. The Labute approximate surface area is 285 Å². The van der Waals surface area contributed by atoms with Crippen molar-refractivity contribution in [3.8, 4) is 22.9 Å². The molecule has 0 aliphatic carbocycles. The Balaban J connectivity index is 1.39. The molecule has 3 aromatic heterocycles. The minimum atomic E-state index is -3.77. The summed E-state index contributed by atoms with van der Waals surface area (Å²) in [7, 11) is -1.80. The molecule has 0 unspecified atom stereocenters. The second kappa shape index (κ2) is 12.8. The minimum absolute atomic E-state index is 0.0154. The van der Waals surface area contributed by atoms with Crippen LogP contribution in [0.3, 0.4) is 0 Å². The Hall–Kier alpha value is -4.55. The van der Waals surface area contributed by atoms with Gasteiger partial charge in [0.15, 0.2) is 9.84 Å². The summed E-state index contributed by atoms with van der Waals surface area (Å²) in [6, 6.07) is 10.5. The number of sulfone groups is 1. The number of carboxylic acid groups (broad SMARTS) is 1. The van der Waals surface area contributed by atoms with Crippen LogP contribution in [0, 0.1) is 25.2 Å². The summed E-state index contributed by atoms with van der Waals surface area (Å²) in [6.07, 6.45) is 1.09. The van der Waals surface area contributed by atoms with Gasteiger partial charge in [0.25, 0.3) is 5.56 Å². The number of aromatic nitrogens is 3. The number of hydrogen-bond acceptors (Lipinski definition) is 11. The van der Waals surface area contributed by atoms with Crippen molar-refractivity contribution in [2.24, 2.45) is 0 Å². The van der Waals surface area contributed by atoms with E-state index < -0.39 is 21.4 Å². The number of carbonyl (C=O) groups is 1. The average Bonchev–Trinajstić information content (AvgIpc) is 3.46. The Morgan fingerprint density at radius 2 is 1.85 bits per heavy atom. The fourth-order valence-electron chi connectivity index (χ4n) is 6.03. The van der Waals surface area contributed by atoms with Crippen molar-refractivity contribution in [1.82, 2.24) is 19.4 Å². The molecule has 6 rings (SSSR count). The first-order valence-corrected chi connectivity index (χ1v) is 18.1. The molecule has 0 amide bonds. The molecule has 1 saturated heterocycles. The number of thiophene rings is 1. The third-order valence-corrected chi connectivity index (χ3v) is 10.7. The highest BCUT2D eigenvalue weighted by Gasteiger charge is 2.29. The van der Waals surface area contributed by atoms with Crippen molar-refractivity contribution >= 4 is 65.6 Å². The Kier molecular flexibility index (Phi) is 8.90. The number of piperazine rings is 1. The molecule has 0 saturated carbocycles. The fourth-order valence-corrected chi connectivity index (χ4v) is 8.12. The molecule has 2 aromatic carbocycles. The van der Waals surface area contributed by atoms with Crippen molar-refractivity contribution in [3.63, 3.8) is 0 Å². The lowest BCUT2D eigenvalue weighted by atomic mass is 10.0. The number of rotatable bonds is 8. The molecule has 1 fully saturated rings. The monoisotopic (exact) mass is 706 g/mol. The van der Waals surface area contributed by atoms with Crippen molar-refractivity contribution < 1.29 is 23.1 Å². The van der Waals surface area contributed by atoms with Crippen LogP contribution in [0.25, 0.3) is 32.2 Å². The molecule has 1 aliphatic rings. The highest BCUT2D eigenvalue weighted by molar-refractivity contribution is 7.90. The molecule has 0 atom stereocenters. The SMILES string of the molecule is Cc1cc(-c2cc(Cl)ccc2OCCn2c(C)nc3cc(S(C)(=O)=O)c(N4CCN(C)CC4)c(C#N)c3c2=O)c2scc(C(=O)O)c2n1. The lowest BCUT2D eigenvalue weighted by Gasteiger charge is -2.35. The van der Waals surface area contributed by atoms with Crippen LogP contribution in [-0.2, 0) is 16.4 Å². The third-order valence-electron chi connectivity index (χ3n) is 8.39. The van der Waals surface area contributed by atoms with E-state index in [2.05, 4.69) is 20.9 Å². The number of pyridine rings is 1. The predicted octanol–water partition coefficient (Wildman–Crippen LogP) is 4.75. The minimum Gasteiger partial charge on any atom is -0.491 e. The van der Waals surface area contributed by atoms with E-state index in [9.17, 15) is 28.4 Å². The lowest BCUT2D eigenvalue weighted by Crippen LogP contribution is -2.45. The largest absolute Gasteiger partial charge is 0.491 e. The van der Waals surface area contributed by atoms with Crippen LogP contribution in [0.1, 0.15) is 27.4 Å². The molecule has 12 nitrogen and oxygen atoms in total. The summed E-state index contributed by atoms with van der Waals surface area (Å²) in [5.74, 6) is -0.279. The number of benzene rings is 2. The van der Waals surface area contributed by atoms with Gasteiger partial charge in [0.1, 0.15) is 24.3 Å². The zero-order valence-corrected chi connectivity index (χ0v) is 29.0. The maximum atomic E-state index is 14.1. The summed E-state index contributed by atoms with van der Waals surface area (Å²) < 4.78 is 34.2. The Morgan fingerprint density at radius 3 is 2.52 bits per heavy atom. The summed E-state index contributed by atoms with van der Waals surface area (Å²) in [4.78, 5) is 38.9. The van der Waals surface area contributed by atoms with Crippen molar-refractivity contribution in [3.05, 3.63) is 73.7 Å². The van der Waals surface area contributed by atoms with Crippen LogP contribution >= 0.6 is 22.9 Å². The third kappa shape index (κ3) is 6.10. The van der Waals surface area contributed by atoms with Crippen molar-refractivity contribution in [2.75, 3.05) is 51.0 Å². The lowest BCUT2D eigenvalue weighted by molar-refractivity contribution is 0.0699. The van der Waals surface area contributed by atoms with Crippen molar-refractivity contribution in [1.29, 1.82) is 5.26 Å². The molecule has 48 heavy (non-hydrogen) atoms. The van der Waals surface area contributed by atoms with Gasteiger partial charge in [-0.1, -0.05) is 11.6 Å². The molecule has 248 valence electrons. The van der Waals surface area contributed by atoms with E-state index >= 15 is 0 Å². The van der Waals surface area contributed by atoms with Crippen LogP contribution < -0.4 is 15.2 Å². The van der Waals surface area contributed by atoms with Gasteiger partial charge in [-0.15, -0.1) is 11.3 Å². The quantitative estimate of drug-likeness (QED) is 0.237. The number of anilines is 1. The zero-order chi connectivity index (χ0) is 34.5. The smallest absolute Gasteiger partial charge is 0.338 e. The maximum absolute atomic E-state index is 14.1. The van der Waals surface area contributed by atoms with Crippen LogP contribution in [0.4, 0.5) is 5.69 Å². The second-order valence-corrected chi connectivity index (χ2v) is 15.0.